The van der Waals surface area contributed by atoms with Gasteiger partial charge in [-0.3, -0.25) is 4.79 Å². The largest absolute Gasteiger partial charge is 0.482 e. The van der Waals surface area contributed by atoms with Crippen molar-refractivity contribution in [3.63, 3.8) is 0 Å². The minimum absolute atomic E-state index is 0.207. The fourth-order valence-electron chi connectivity index (χ4n) is 3.74. The molecular weight excluding hydrogens is 399 g/mol. The summed E-state index contributed by atoms with van der Waals surface area (Å²) in [5.41, 5.74) is 8.99. The van der Waals surface area contributed by atoms with E-state index in [1.165, 1.54) is 18.2 Å². The molecule has 0 saturated heterocycles. The number of nitrogen functional groups attached to an aromatic ring is 1. The average Bonchev–Trinajstić information content (AvgIpc) is 3.09. The Bertz CT molecular complexity index is 1140. The normalized spacial score (nSPS) is 16.3. The number of rotatable bonds is 2. The first-order valence-corrected chi connectivity index (χ1v) is 10.1. The van der Waals surface area contributed by atoms with Crippen LogP contribution in [0.5, 0.6) is 5.75 Å². The summed E-state index contributed by atoms with van der Waals surface area (Å²) in [6.45, 7) is 6.82. The number of aromatic nitrogens is 4. The summed E-state index contributed by atoms with van der Waals surface area (Å²) in [6.07, 6.45) is 1.02. The summed E-state index contributed by atoms with van der Waals surface area (Å²) in [6, 6.07) is 5.85. The van der Waals surface area contributed by atoms with Crippen LogP contribution in [0.15, 0.2) is 30.5 Å². The maximum Gasteiger partial charge on any atom is 0.254 e. The molecule has 9 heteroatoms. The zero-order valence-corrected chi connectivity index (χ0v) is 18.0. The molecular formula is C22H25FN6O2. The van der Waals surface area contributed by atoms with E-state index >= 15 is 0 Å². The van der Waals surface area contributed by atoms with Crippen LogP contribution in [0.2, 0.25) is 0 Å². The van der Waals surface area contributed by atoms with Gasteiger partial charge in [-0.1, -0.05) is 19.1 Å². The van der Waals surface area contributed by atoms with E-state index in [1.807, 2.05) is 4.68 Å². The smallest absolute Gasteiger partial charge is 0.254 e. The van der Waals surface area contributed by atoms with E-state index in [0.717, 1.165) is 11.3 Å². The summed E-state index contributed by atoms with van der Waals surface area (Å²) >= 11 is 0. The van der Waals surface area contributed by atoms with Crippen molar-refractivity contribution < 1.29 is 13.9 Å². The number of carbonyl (C=O) groups is 1. The standard InChI is InChI=1S/C22H25FN6O2/c1-12(2)10-29-20-14-7-19(21(24)25-9-14)31-13(3)17-8-15(23)5-6-16(17)22(30)28(4)11-18(20)26-27-29/h5-9,12-13H,10-11H2,1-4H3,(H2,24,25)/t13-/m1/s1. The molecule has 0 saturated carbocycles. The third kappa shape index (κ3) is 3.95. The zero-order valence-electron chi connectivity index (χ0n) is 18.0. The molecule has 0 unspecified atom stereocenters. The first kappa shape index (κ1) is 20.8. The Balaban J connectivity index is 1.92. The van der Waals surface area contributed by atoms with Crippen molar-refractivity contribution in [1.82, 2.24) is 24.9 Å². The van der Waals surface area contributed by atoms with Gasteiger partial charge in [0.25, 0.3) is 5.91 Å². The monoisotopic (exact) mass is 424 g/mol. The van der Waals surface area contributed by atoms with Crippen molar-refractivity contribution in [3.05, 3.63) is 53.1 Å². The Morgan fingerprint density at radius 3 is 2.84 bits per heavy atom. The third-order valence-electron chi connectivity index (χ3n) is 5.22. The van der Waals surface area contributed by atoms with Crippen molar-refractivity contribution in [2.75, 3.05) is 12.8 Å². The number of hydrogen-bond donors (Lipinski definition) is 1. The Kier molecular flexibility index (Phi) is 5.34. The second-order valence-corrected chi connectivity index (χ2v) is 8.22. The molecule has 0 aliphatic carbocycles. The van der Waals surface area contributed by atoms with E-state index < -0.39 is 11.9 Å². The molecule has 0 spiro atoms. The third-order valence-corrected chi connectivity index (χ3v) is 5.22. The molecule has 4 rings (SSSR count). The molecule has 162 valence electrons. The van der Waals surface area contributed by atoms with Crippen LogP contribution in [-0.4, -0.2) is 37.8 Å². The van der Waals surface area contributed by atoms with Gasteiger partial charge in [-0.15, -0.1) is 5.10 Å². The summed E-state index contributed by atoms with van der Waals surface area (Å²) < 4.78 is 21.9. The zero-order chi connectivity index (χ0) is 22.3. The number of pyridine rings is 1. The lowest BCUT2D eigenvalue weighted by molar-refractivity contribution is 0.0778. The molecule has 0 fully saturated rings. The molecule has 2 N–H and O–H groups in total. The second kappa shape index (κ2) is 7.98. The summed E-state index contributed by atoms with van der Waals surface area (Å²) in [5.74, 6) is 0.190. The summed E-state index contributed by atoms with van der Waals surface area (Å²) in [7, 11) is 1.69. The van der Waals surface area contributed by atoms with E-state index in [-0.39, 0.29) is 18.3 Å². The number of nitrogens with two attached hydrogens (primary N) is 1. The first-order valence-electron chi connectivity index (χ1n) is 10.1. The lowest BCUT2D eigenvalue weighted by Crippen LogP contribution is -2.28. The quantitative estimate of drug-likeness (QED) is 0.677. The Labute approximate surface area is 179 Å². The van der Waals surface area contributed by atoms with E-state index in [0.29, 0.717) is 35.0 Å². The Hall–Kier alpha value is -3.49. The lowest BCUT2D eigenvalue weighted by atomic mass is 10.0. The molecule has 1 aliphatic heterocycles. The number of fused-ring (bicyclic) bond motifs is 5. The van der Waals surface area contributed by atoms with Gasteiger partial charge in [-0.2, -0.15) is 0 Å². The maximum atomic E-state index is 14.0. The van der Waals surface area contributed by atoms with Gasteiger partial charge in [0, 0.05) is 36.5 Å². The Morgan fingerprint density at radius 2 is 2.10 bits per heavy atom. The predicted molar refractivity (Wildman–Crippen MR) is 114 cm³/mol. The predicted octanol–water partition coefficient (Wildman–Crippen LogP) is 3.44. The van der Waals surface area contributed by atoms with Crippen LogP contribution in [0.4, 0.5) is 10.2 Å². The van der Waals surface area contributed by atoms with Crippen molar-refractivity contribution in [2.45, 2.75) is 40.0 Å². The topological polar surface area (TPSA) is 99.2 Å². The minimum Gasteiger partial charge on any atom is -0.482 e. The number of carbonyl (C=O) groups excluding carboxylic acids is 1. The van der Waals surface area contributed by atoms with Crippen molar-refractivity contribution in [2.24, 2.45) is 5.92 Å². The van der Waals surface area contributed by atoms with Crippen molar-refractivity contribution in [3.8, 4) is 17.0 Å². The molecule has 31 heavy (non-hydrogen) atoms. The number of anilines is 1. The van der Waals surface area contributed by atoms with Gasteiger partial charge in [-0.25, -0.2) is 14.1 Å². The maximum absolute atomic E-state index is 14.0. The van der Waals surface area contributed by atoms with Crippen LogP contribution in [0.3, 0.4) is 0 Å². The number of benzene rings is 1. The fraction of sp³-hybridized carbons (Fsp3) is 0.364. The highest BCUT2D eigenvalue weighted by Crippen LogP contribution is 2.34. The molecule has 1 atom stereocenters. The van der Waals surface area contributed by atoms with Crippen LogP contribution in [0.25, 0.3) is 11.3 Å². The molecule has 0 radical (unpaired) electrons. The van der Waals surface area contributed by atoms with Gasteiger partial charge in [0.2, 0.25) is 0 Å². The first-order chi connectivity index (χ1) is 14.7. The molecule has 2 bridgehead atoms. The highest BCUT2D eigenvalue weighted by atomic mass is 19.1. The van der Waals surface area contributed by atoms with Crippen molar-refractivity contribution >= 4 is 11.7 Å². The van der Waals surface area contributed by atoms with Crippen LogP contribution >= 0.6 is 0 Å². The SMILES string of the molecule is CC(C)Cn1nnc2c1-c1cnc(N)c(c1)O[C@H](C)c1cc(F)ccc1C(=O)N(C)C2. The highest BCUT2D eigenvalue weighted by molar-refractivity contribution is 5.95. The summed E-state index contributed by atoms with van der Waals surface area (Å²) in [4.78, 5) is 19.1. The minimum atomic E-state index is -0.625. The number of nitrogens with zero attached hydrogens (tertiary/aromatic N) is 5. The Morgan fingerprint density at radius 1 is 1.32 bits per heavy atom. The molecule has 2 aromatic heterocycles. The second-order valence-electron chi connectivity index (χ2n) is 8.22. The van der Waals surface area contributed by atoms with Gasteiger partial charge >= 0.3 is 0 Å². The van der Waals surface area contributed by atoms with E-state index in [9.17, 15) is 9.18 Å². The van der Waals surface area contributed by atoms with Crippen LogP contribution < -0.4 is 10.5 Å². The van der Waals surface area contributed by atoms with E-state index in [1.54, 1.807) is 31.1 Å². The van der Waals surface area contributed by atoms with Gasteiger partial charge in [0.15, 0.2) is 11.6 Å². The number of ether oxygens (including phenoxy) is 1. The molecule has 1 amide bonds. The highest BCUT2D eigenvalue weighted by Gasteiger charge is 2.26. The fourth-order valence-corrected chi connectivity index (χ4v) is 3.74. The van der Waals surface area contributed by atoms with Crippen LogP contribution in [-0.2, 0) is 13.1 Å². The molecule has 1 aromatic carbocycles. The molecule has 3 heterocycles. The molecule has 1 aliphatic rings. The number of halogens is 1. The molecule has 8 nitrogen and oxygen atoms in total. The number of hydrogen-bond acceptors (Lipinski definition) is 6. The van der Waals surface area contributed by atoms with Gasteiger partial charge < -0.3 is 15.4 Å². The van der Waals surface area contributed by atoms with E-state index in [4.69, 9.17) is 10.5 Å². The van der Waals surface area contributed by atoms with Gasteiger partial charge in [-0.05, 0) is 37.1 Å². The summed E-state index contributed by atoms with van der Waals surface area (Å²) in [5, 5.41) is 8.66. The van der Waals surface area contributed by atoms with E-state index in [2.05, 4.69) is 29.1 Å². The average molecular weight is 424 g/mol. The van der Waals surface area contributed by atoms with Gasteiger partial charge in [0.1, 0.15) is 17.6 Å². The lowest BCUT2D eigenvalue weighted by Gasteiger charge is -2.24. The van der Waals surface area contributed by atoms with Crippen LogP contribution in [0, 0.1) is 11.7 Å². The number of amides is 1. The van der Waals surface area contributed by atoms with Crippen molar-refractivity contribution in [1.29, 1.82) is 0 Å². The molecule has 3 aromatic rings. The van der Waals surface area contributed by atoms with Crippen LogP contribution in [0.1, 0.15) is 48.5 Å². The van der Waals surface area contributed by atoms with Gasteiger partial charge in [0.05, 0.1) is 12.2 Å².